The molecule has 0 heterocycles. The average molecular weight is 252 g/mol. The van der Waals surface area contributed by atoms with Gasteiger partial charge in [-0.1, -0.05) is 13.8 Å². The van der Waals surface area contributed by atoms with Crippen LogP contribution in [0.15, 0.2) is 24.3 Å². The molecule has 0 bridgehead atoms. The summed E-state index contributed by atoms with van der Waals surface area (Å²) in [5.41, 5.74) is 6.22. The van der Waals surface area contributed by atoms with Crippen LogP contribution in [0.1, 0.15) is 26.7 Å². The normalized spacial score (nSPS) is 12.2. The molecule has 0 saturated heterocycles. The number of carbonyl (C=O) groups excluding carboxylic acids is 1. The van der Waals surface area contributed by atoms with Gasteiger partial charge in [0.15, 0.2) is 0 Å². The molecule has 100 valence electrons. The first-order valence-electron chi connectivity index (χ1n) is 6.37. The highest BCUT2D eigenvalue weighted by molar-refractivity contribution is 5.94. The van der Waals surface area contributed by atoms with E-state index in [4.69, 9.17) is 5.73 Å². The predicted molar refractivity (Wildman–Crippen MR) is 71.9 cm³/mol. The highest BCUT2D eigenvalue weighted by Gasteiger charge is 2.20. The molecule has 0 aliphatic rings. The molecule has 2 N–H and O–H groups in total. The molecule has 0 radical (unpaired) electrons. The molecule has 1 unspecified atom stereocenters. The molecule has 1 aromatic rings. The number of halogens is 1. The largest absolute Gasteiger partial charge is 0.330 e. The Morgan fingerprint density at radius 3 is 2.50 bits per heavy atom. The highest BCUT2D eigenvalue weighted by Crippen LogP contribution is 2.19. The van der Waals surface area contributed by atoms with E-state index in [2.05, 4.69) is 0 Å². The third-order valence-electron chi connectivity index (χ3n) is 3.02. The fourth-order valence-electron chi connectivity index (χ4n) is 1.68. The lowest BCUT2D eigenvalue weighted by Crippen LogP contribution is -2.36. The van der Waals surface area contributed by atoms with E-state index in [9.17, 15) is 9.18 Å². The summed E-state index contributed by atoms with van der Waals surface area (Å²) in [5, 5.41) is 0. The third-order valence-corrected chi connectivity index (χ3v) is 3.02. The monoisotopic (exact) mass is 252 g/mol. The minimum absolute atomic E-state index is 0.0344. The number of nitrogens with two attached hydrogens (primary N) is 1. The zero-order chi connectivity index (χ0) is 13.5. The van der Waals surface area contributed by atoms with Crippen molar-refractivity contribution in [2.24, 2.45) is 11.7 Å². The quantitative estimate of drug-likeness (QED) is 0.845. The number of rotatable bonds is 6. The van der Waals surface area contributed by atoms with Gasteiger partial charge >= 0.3 is 0 Å². The zero-order valence-electron chi connectivity index (χ0n) is 11.0. The van der Waals surface area contributed by atoms with Crippen LogP contribution in [0, 0.1) is 11.7 Å². The van der Waals surface area contributed by atoms with E-state index in [0.29, 0.717) is 13.1 Å². The maximum absolute atomic E-state index is 12.9. The third kappa shape index (κ3) is 3.81. The smallest absolute Gasteiger partial charge is 0.229 e. The van der Waals surface area contributed by atoms with Crippen LogP contribution in [0.2, 0.25) is 0 Å². The van der Waals surface area contributed by atoms with Crippen LogP contribution >= 0.6 is 0 Å². The molecular weight excluding hydrogens is 231 g/mol. The van der Waals surface area contributed by atoms with Crippen LogP contribution in [-0.2, 0) is 4.79 Å². The van der Waals surface area contributed by atoms with Crippen molar-refractivity contribution in [3.8, 4) is 0 Å². The molecule has 0 spiro atoms. The Morgan fingerprint density at radius 2 is 2.00 bits per heavy atom. The number of hydrogen-bond donors (Lipinski definition) is 1. The Labute approximate surface area is 108 Å². The fraction of sp³-hybridized carbons (Fsp3) is 0.500. The van der Waals surface area contributed by atoms with Gasteiger partial charge in [0.25, 0.3) is 0 Å². The molecule has 0 saturated carbocycles. The van der Waals surface area contributed by atoms with Crippen LogP contribution in [-0.4, -0.2) is 19.0 Å². The molecule has 0 aliphatic heterocycles. The summed E-state index contributed by atoms with van der Waals surface area (Å²) >= 11 is 0. The summed E-state index contributed by atoms with van der Waals surface area (Å²) in [6.07, 6.45) is 1.53. The van der Waals surface area contributed by atoms with Gasteiger partial charge in [-0.3, -0.25) is 4.79 Å². The van der Waals surface area contributed by atoms with Gasteiger partial charge in [0.1, 0.15) is 5.82 Å². The van der Waals surface area contributed by atoms with Crippen molar-refractivity contribution >= 4 is 11.6 Å². The minimum Gasteiger partial charge on any atom is -0.330 e. The van der Waals surface area contributed by atoms with Gasteiger partial charge in [0.2, 0.25) is 5.91 Å². The number of anilines is 1. The van der Waals surface area contributed by atoms with Crippen molar-refractivity contribution in [3.05, 3.63) is 30.1 Å². The molecule has 3 nitrogen and oxygen atoms in total. The molecule has 0 aromatic heterocycles. The number of benzene rings is 1. The Bertz CT molecular complexity index is 378. The SMILES string of the molecule is CCC(C)C(=O)N(CCCN)c1ccc(F)cc1. The van der Waals surface area contributed by atoms with Gasteiger partial charge in [-0.05, 0) is 43.7 Å². The highest BCUT2D eigenvalue weighted by atomic mass is 19.1. The maximum atomic E-state index is 12.9. The predicted octanol–water partition coefficient (Wildman–Crippen LogP) is 2.55. The van der Waals surface area contributed by atoms with E-state index < -0.39 is 0 Å². The van der Waals surface area contributed by atoms with E-state index in [1.54, 1.807) is 17.0 Å². The number of amides is 1. The molecule has 0 fully saturated rings. The summed E-state index contributed by atoms with van der Waals surface area (Å²) < 4.78 is 12.9. The van der Waals surface area contributed by atoms with E-state index in [1.807, 2.05) is 13.8 Å². The van der Waals surface area contributed by atoms with Crippen molar-refractivity contribution in [1.29, 1.82) is 0 Å². The molecule has 1 aromatic carbocycles. The number of nitrogens with zero attached hydrogens (tertiary/aromatic N) is 1. The van der Waals surface area contributed by atoms with Gasteiger partial charge in [-0.25, -0.2) is 4.39 Å². The van der Waals surface area contributed by atoms with Crippen molar-refractivity contribution in [1.82, 2.24) is 0 Å². The van der Waals surface area contributed by atoms with Crippen LogP contribution in [0.4, 0.5) is 10.1 Å². The first kappa shape index (κ1) is 14.6. The van der Waals surface area contributed by atoms with Crippen molar-refractivity contribution in [2.75, 3.05) is 18.0 Å². The number of carbonyl (C=O) groups is 1. The second-order valence-corrected chi connectivity index (χ2v) is 4.42. The van der Waals surface area contributed by atoms with Gasteiger partial charge < -0.3 is 10.6 Å². The standard InChI is InChI=1S/C14H21FN2O/c1-3-11(2)14(18)17(10-4-9-16)13-7-5-12(15)6-8-13/h5-8,11H,3-4,9-10,16H2,1-2H3. The molecule has 1 amide bonds. The lowest BCUT2D eigenvalue weighted by atomic mass is 10.1. The maximum Gasteiger partial charge on any atom is 0.229 e. The van der Waals surface area contributed by atoms with E-state index >= 15 is 0 Å². The summed E-state index contributed by atoms with van der Waals surface area (Å²) in [7, 11) is 0. The Hall–Kier alpha value is -1.42. The second-order valence-electron chi connectivity index (χ2n) is 4.42. The van der Waals surface area contributed by atoms with E-state index in [0.717, 1.165) is 18.5 Å². The molecule has 1 atom stereocenters. The summed E-state index contributed by atoms with van der Waals surface area (Å²) in [6.45, 7) is 4.99. The van der Waals surface area contributed by atoms with Crippen LogP contribution in [0.25, 0.3) is 0 Å². The first-order valence-corrected chi connectivity index (χ1v) is 6.37. The van der Waals surface area contributed by atoms with Crippen molar-refractivity contribution < 1.29 is 9.18 Å². The second kappa shape index (κ2) is 7.11. The van der Waals surface area contributed by atoms with Crippen molar-refractivity contribution in [2.45, 2.75) is 26.7 Å². The lowest BCUT2D eigenvalue weighted by molar-refractivity contribution is -0.122. The average Bonchev–Trinajstić information content (AvgIpc) is 2.39. The summed E-state index contributed by atoms with van der Waals surface area (Å²) in [6, 6.07) is 6.00. The van der Waals surface area contributed by atoms with Gasteiger partial charge in [0, 0.05) is 18.2 Å². The Kier molecular flexibility index (Phi) is 5.78. The first-order chi connectivity index (χ1) is 8.60. The van der Waals surface area contributed by atoms with Gasteiger partial charge in [0.05, 0.1) is 0 Å². The van der Waals surface area contributed by atoms with Crippen LogP contribution in [0.5, 0.6) is 0 Å². The number of hydrogen-bond acceptors (Lipinski definition) is 2. The Balaban J connectivity index is 2.90. The van der Waals surface area contributed by atoms with Crippen LogP contribution in [0.3, 0.4) is 0 Å². The summed E-state index contributed by atoms with van der Waals surface area (Å²) in [5.74, 6) is -0.265. The molecule has 1 rings (SSSR count). The van der Waals surface area contributed by atoms with E-state index in [1.165, 1.54) is 12.1 Å². The lowest BCUT2D eigenvalue weighted by Gasteiger charge is -2.25. The van der Waals surface area contributed by atoms with Gasteiger partial charge in [-0.2, -0.15) is 0 Å². The molecule has 18 heavy (non-hydrogen) atoms. The molecule has 0 aliphatic carbocycles. The minimum atomic E-state index is -0.298. The van der Waals surface area contributed by atoms with Crippen LogP contribution < -0.4 is 10.6 Å². The fourth-order valence-corrected chi connectivity index (χ4v) is 1.68. The van der Waals surface area contributed by atoms with Crippen molar-refractivity contribution in [3.63, 3.8) is 0 Å². The molecular formula is C14H21FN2O. The Morgan fingerprint density at radius 1 is 1.39 bits per heavy atom. The zero-order valence-corrected chi connectivity index (χ0v) is 11.0. The topological polar surface area (TPSA) is 46.3 Å². The van der Waals surface area contributed by atoms with E-state index in [-0.39, 0.29) is 17.6 Å². The summed E-state index contributed by atoms with van der Waals surface area (Å²) in [4.78, 5) is 14.0. The molecule has 4 heteroatoms. The van der Waals surface area contributed by atoms with Gasteiger partial charge in [-0.15, -0.1) is 0 Å².